The second-order valence-corrected chi connectivity index (χ2v) is 3.85. The van der Waals surface area contributed by atoms with Gasteiger partial charge in [0, 0.05) is 0 Å². The van der Waals surface area contributed by atoms with Crippen molar-refractivity contribution in [1.29, 1.82) is 0 Å². The molecule has 1 rings (SSSR count). The number of hydrogen-bond acceptors (Lipinski definition) is 3. The van der Waals surface area contributed by atoms with Gasteiger partial charge >= 0.3 is 0 Å². The number of hydrogen-bond donors (Lipinski definition) is 1. The van der Waals surface area contributed by atoms with E-state index in [1.54, 1.807) is 6.26 Å². The normalized spacial score (nSPS) is 13.4. The molecule has 0 radical (unpaired) electrons. The molecule has 14 heavy (non-hydrogen) atoms. The lowest BCUT2D eigenvalue weighted by Gasteiger charge is -2.13. The Kier molecular flexibility index (Phi) is 4.70. The first-order valence-corrected chi connectivity index (χ1v) is 5.11. The molecule has 0 saturated carbocycles. The third kappa shape index (κ3) is 3.94. The Labute approximate surface area is 86.1 Å². The Morgan fingerprint density at radius 2 is 2.29 bits per heavy atom. The van der Waals surface area contributed by atoms with Crippen LogP contribution in [0.4, 0.5) is 0 Å². The van der Waals surface area contributed by atoms with Crippen molar-refractivity contribution in [2.45, 2.75) is 19.4 Å². The van der Waals surface area contributed by atoms with E-state index in [-0.39, 0.29) is 0 Å². The Hall–Kier alpha value is -0.800. The van der Waals surface area contributed by atoms with Gasteiger partial charge < -0.3 is 14.6 Å². The van der Waals surface area contributed by atoms with Crippen LogP contribution in [0.15, 0.2) is 22.8 Å². The van der Waals surface area contributed by atoms with Gasteiger partial charge in [-0.25, -0.2) is 0 Å². The first kappa shape index (κ1) is 11.3. The smallest absolute Gasteiger partial charge is 0.120 e. The maximum absolute atomic E-state index is 5.30. The molecule has 1 unspecified atom stereocenters. The van der Waals surface area contributed by atoms with Crippen molar-refractivity contribution in [2.24, 2.45) is 0 Å². The first-order chi connectivity index (χ1) is 6.70. The molecule has 0 saturated heterocycles. The molecule has 0 aromatic carbocycles. The third-order valence-electron chi connectivity index (χ3n) is 2.20. The van der Waals surface area contributed by atoms with Gasteiger partial charge in [-0.2, -0.15) is 0 Å². The van der Waals surface area contributed by atoms with Crippen LogP contribution in [-0.4, -0.2) is 32.1 Å². The van der Waals surface area contributed by atoms with Crippen molar-refractivity contribution in [1.82, 2.24) is 10.2 Å². The van der Waals surface area contributed by atoms with E-state index in [2.05, 4.69) is 31.2 Å². The van der Waals surface area contributed by atoms with Gasteiger partial charge in [-0.1, -0.05) is 0 Å². The van der Waals surface area contributed by atoms with Gasteiger partial charge in [0.2, 0.25) is 0 Å². The van der Waals surface area contributed by atoms with Crippen molar-refractivity contribution >= 4 is 0 Å². The van der Waals surface area contributed by atoms with Crippen LogP contribution in [-0.2, 0) is 0 Å². The molecule has 0 spiro atoms. The van der Waals surface area contributed by atoms with Crippen LogP contribution in [0.2, 0.25) is 0 Å². The zero-order valence-electron chi connectivity index (χ0n) is 9.29. The molecule has 1 N–H and O–H groups in total. The van der Waals surface area contributed by atoms with Crippen molar-refractivity contribution in [3.8, 4) is 0 Å². The fourth-order valence-electron chi connectivity index (χ4n) is 1.35. The van der Waals surface area contributed by atoms with E-state index in [4.69, 9.17) is 4.42 Å². The number of nitrogens with zero attached hydrogens (tertiary/aromatic N) is 1. The van der Waals surface area contributed by atoms with Gasteiger partial charge in [-0.15, -0.1) is 0 Å². The lowest BCUT2D eigenvalue weighted by Crippen LogP contribution is -2.23. The Morgan fingerprint density at radius 1 is 1.50 bits per heavy atom. The second kappa shape index (κ2) is 5.83. The van der Waals surface area contributed by atoms with E-state index in [1.165, 1.54) is 0 Å². The summed E-state index contributed by atoms with van der Waals surface area (Å²) >= 11 is 0. The maximum Gasteiger partial charge on any atom is 0.120 e. The molecular weight excluding hydrogens is 176 g/mol. The van der Waals surface area contributed by atoms with Crippen LogP contribution < -0.4 is 5.32 Å². The maximum atomic E-state index is 5.30. The van der Waals surface area contributed by atoms with Gasteiger partial charge in [0.25, 0.3) is 0 Å². The zero-order chi connectivity index (χ0) is 10.4. The highest BCUT2D eigenvalue weighted by molar-refractivity contribution is 5.02. The minimum absolute atomic E-state index is 0.312. The van der Waals surface area contributed by atoms with E-state index in [0.717, 1.165) is 25.3 Å². The molecule has 1 heterocycles. The molecular formula is C11H20N2O. The van der Waals surface area contributed by atoms with E-state index < -0.39 is 0 Å². The summed E-state index contributed by atoms with van der Waals surface area (Å²) in [5.74, 6) is 1.01. The lowest BCUT2D eigenvalue weighted by atomic mass is 10.2. The second-order valence-electron chi connectivity index (χ2n) is 3.85. The monoisotopic (exact) mass is 196 g/mol. The summed E-state index contributed by atoms with van der Waals surface area (Å²) < 4.78 is 5.30. The first-order valence-electron chi connectivity index (χ1n) is 5.11. The molecule has 3 heteroatoms. The highest BCUT2D eigenvalue weighted by Gasteiger charge is 2.05. The highest BCUT2D eigenvalue weighted by Crippen LogP contribution is 2.11. The SMILES string of the molecule is CC(NCCCN(C)C)c1ccco1. The summed E-state index contributed by atoms with van der Waals surface area (Å²) in [7, 11) is 4.19. The van der Waals surface area contributed by atoms with Crippen molar-refractivity contribution in [3.63, 3.8) is 0 Å². The summed E-state index contributed by atoms with van der Waals surface area (Å²) in [5.41, 5.74) is 0. The standard InChI is InChI=1S/C11H20N2O/c1-10(11-6-4-9-14-11)12-7-5-8-13(2)3/h4,6,9-10,12H,5,7-8H2,1-3H3. The van der Waals surface area contributed by atoms with Crippen LogP contribution in [0.5, 0.6) is 0 Å². The zero-order valence-corrected chi connectivity index (χ0v) is 9.29. The average molecular weight is 196 g/mol. The molecule has 0 aliphatic rings. The predicted molar refractivity (Wildman–Crippen MR) is 58.3 cm³/mol. The van der Waals surface area contributed by atoms with Gasteiger partial charge in [-0.3, -0.25) is 0 Å². The van der Waals surface area contributed by atoms with Gasteiger partial charge in [0.1, 0.15) is 5.76 Å². The Morgan fingerprint density at radius 3 is 2.86 bits per heavy atom. The summed E-state index contributed by atoms with van der Waals surface area (Å²) in [5, 5.41) is 3.42. The predicted octanol–water partition coefficient (Wildman–Crippen LogP) is 1.88. The molecule has 0 bridgehead atoms. The quantitative estimate of drug-likeness (QED) is 0.704. The van der Waals surface area contributed by atoms with Crippen LogP contribution in [0.3, 0.4) is 0 Å². The van der Waals surface area contributed by atoms with E-state index >= 15 is 0 Å². The molecule has 0 aliphatic carbocycles. The molecule has 1 atom stereocenters. The Balaban J connectivity index is 2.13. The van der Waals surface area contributed by atoms with Crippen LogP contribution in [0.25, 0.3) is 0 Å². The molecule has 80 valence electrons. The van der Waals surface area contributed by atoms with Crippen molar-refractivity contribution in [2.75, 3.05) is 27.2 Å². The van der Waals surface area contributed by atoms with Gasteiger partial charge in [0.15, 0.2) is 0 Å². The largest absolute Gasteiger partial charge is 0.468 e. The van der Waals surface area contributed by atoms with Crippen LogP contribution in [0, 0.1) is 0 Å². The molecule has 3 nitrogen and oxygen atoms in total. The fourth-order valence-corrected chi connectivity index (χ4v) is 1.35. The van der Waals surface area contributed by atoms with E-state index in [1.807, 2.05) is 12.1 Å². The summed E-state index contributed by atoms with van der Waals surface area (Å²) in [6.45, 7) is 4.27. The minimum atomic E-state index is 0.312. The lowest BCUT2D eigenvalue weighted by molar-refractivity contribution is 0.377. The summed E-state index contributed by atoms with van der Waals surface area (Å²) in [6.07, 6.45) is 2.88. The summed E-state index contributed by atoms with van der Waals surface area (Å²) in [6, 6.07) is 4.24. The molecule has 0 fully saturated rings. The molecule has 1 aromatic heterocycles. The van der Waals surface area contributed by atoms with Crippen LogP contribution in [0.1, 0.15) is 25.1 Å². The van der Waals surface area contributed by atoms with Crippen LogP contribution >= 0.6 is 0 Å². The average Bonchev–Trinajstić information content (AvgIpc) is 2.64. The molecule has 0 aliphatic heterocycles. The fraction of sp³-hybridized carbons (Fsp3) is 0.636. The van der Waals surface area contributed by atoms with Gasteiger partial charge in [0.05, 0.1) is 12.3 Å². The van der Waals surface area contributed by atoms with E-state index in [0.29, 0.717) is 6.04 Å². The molecule has 0 amide bonds. The minimum Gasteiger partial charge on any atom is -0.468 e. The number of nitrogens with one attached hydrogen (secondary N) is 1. The highest BCUT2D eigenvalue weighted by atomic mass is 16.3. The summed E-state index contributed by atoms with van der Waals surface area (Å²) in [4.78, 5) is 2.19. The van der Waals surface area contributed by atoms with Crippen molar-refractivity contribution < 1.29 is 4.42 Å². The topological polar surface area (TPSA) is 28.4 Å². The van der Waals surface area contributed by atoms with E-state index in [9.17, 15) is 0 Å². The molecule has 1 aromatic rings. The third-order valence-corrected chi connectivity index (χ3v) is 2.20. The van der Waals surface area contributed by atoms with Gasteiger partial charge in [-0.05, 0) is 52.7 Å². The number of furan rings is 1. The van der Waals surface area contributed by atoms with Crippen molar-refractivity contribution in [3.05, 3.63) is 24.2 Å². The Bertz CT molecular complexity index is 231. The number of rotatable bonds is 6.